The van der Waals surface area contributed by atoms with Crippen molar-refractivity contribution in [3.63, 3.8) is 0 Å². The number of hydrogen-bond acceptors (Lipinski definition) is 2. The van der Waals surface area contributed by atoms with Crippen molar-refractivity contribution in [2.24, 2.45) is 0 Å². The zero-order chi connectivity index (χ0) is 8.69. The van der Waals surface area contributed by atoms with Crippen LogP contribution in [0.15, 0.2) is 0 Å². The van der Waals surface area contributed by atoms with Crippen LogP contribution in [0.1, 0.15) is 19.8 Å². The Morgan fingerprint density at radius 1 is 1.82 bits per heavy atom. The molecule has 3 heteroatoms. The lowest BCUT2D eigenvalue weighted by atomic mass is 10.3. The highest BCUT2D eigenvalue weighted by molar-refractivity contribution is 5.76. The maximum Gasteiger partial charge on any atom is 0.221 e. The second-order valence-corrected chi connectivity index (χ2v) is 2.36. The molecular weight excluding hydrogens is 142 g/mol. The number of rotatable bonds is 4. The number of terminal acetylenes is 1. The molecule has 1 amide bonds. The van der Waals surface area contributed by atoms with Crippen LogP contribution < -0.4 is 5.32 Å². The average Bonchev–Trinajstić information content (AvgIpc) is 1.97. The molecule has 0 radical (unpaired) electrons. The third-order valence-corrected chi connectivity index (χ3v) is 1.09. The number of carbonyl (C=O) groups excluding carboxylic acids is 1. The Balaban J connectivity index is 3.32. The molecule has 0 aliphatic heterocycles. The molecule has 0 aliphatic carbocycles. The summed E-state index contributed by atoms with van der Waals surface area (Å²) in [4.78, 5) is 10.8. The summed E-state index contributed by atoms with van der Waals surface area (Å²) < 4.78 is 0. The lowest BCUT2D eigenvalue weighted by molar-refractivity contribution is -0.121. The van der Waals surface area contributed by atoms with E-state index >= 15 is 0 Å². The van der Waals surface area contributed by atoms with Gasteiger partial charge in [0.05, 0.1) is 6.10 Å². The fourth-order valence-electron chi connectivity index (χ4n) is 0.536. The van der Waals surface area contributed by atoms with E-state index in [-0.39, 0.29) is 5.91 Å². The van der Waals surface area contributed by atoms with E-state index in [0.29, 0.717) is 19.4 Å². The van der Waals surface area contributed by atoms with Gasteiger partial charge >= 0.3 is 0 Å². The molecule has 0 fully saturated rings. The van der Waals surface area contributed by atoms with Gasteiger partial charge in [-0.3, -0.25) is 4.79 Å². The van der Waals surface area contributed by atoms with Gasteiger partial charge in [0.2, 0.25) is 5.91 Å². The predicted octanol–water partition coefficient (Wildman–Crippen LogP) is -0.103. The van der Waals surface area contributed by atoms with Gasteiger partial charge < -0.3 is 10.4 Å². The lowest BCUT2D eigenvalue weighted by Crippen LogP contribution is -2.30. The van der Waals surface area contributed by atoms with Gasteiger partial charge in [-0.05, 0) is 6.92 Å². The molecule has 0 heterocycles. The Morgan fingerprint density at radius 2 is 2.45 bits per heavy atom. The van der Waals surface area contributed by atoms with E-state index in [0.717, 1.165) is 0 Å². The monoisotopic (exact) mass is 155 g/mol. The van der Waals surface area contributed by atoms with Crippen LogP contribution in [0.3, 0.4) is 0 Å². The minimum atomic E-state index is -0.496. The fourth-order valence-corrected chi connectivity index (χ4v) is 0.536. The molecule has 0 bridgehead atoms. The number of carbonyl (C=O) groups is 1. The molecule has 0 saturated carbocycles. The second-order valence-electron chi connectivity index (χ2n) is 2.36. The van der Waals surface area contributed by atoms with Crippen molar-refractivity contribution in [1.29, 1.82) is 0 Å². The number of nitrogens with one attached hydrogen (secondary N) is 1. The first-order valence-corrected chi connectivity index (χ1v) is 3.55. The summed E-state index contributed by atoms with van der Waals surface area (Å²) in [5, 5.41) is 11.3. The highest BCUT2D eigenvalue weighted by Crippen LogP contribution is 1.85. The highest BCUT2D eigenvalue weighted by atomic mass is 16.3. The third kappa shape index (κ3) is 6.88. The summed E-state index contributed by atoms with van der Waals surface area (Å²) in [5.74, 6) is 2.26. The zero-order valence-electron chi connectivity index (χ0n) is 6.63. The maximum atomic E-state index is 10.8. The molecule has 1 atom stereocenters. The van der Waals surface area contributed by atoms with Crippen LogP contribution in [0.5, 0.6) is 0 Å². The first kappa shape index (κ1) is 9.99. The van der Waals surface area contributed by atoms with Crippen molar-refractivity contribution in [2.45, 2.75) is 25.9 Å². The van der Waals surface area contributed by atoms with Crippen LogP contribution in [0, 0.1) is 12.3 Å². The van der Waals surface area contributed by atoms with E-state index in [2.05, 4.69) is 11.2 Å². The molecule has 0 aliphatic rings. The van der Waals surface area contributed by atoms with Crippen LogP contribution in [0.4, 0.5) is 0 Å². The molecule has 0 saturated heterocycles. The van der Waals surface area contributed by atoms with Crippen molar-refractivity contribution in [2.75, 3.05) is 6.54 Å². The number of amides is 1. The molecular formula is C8H13NO2. The summed E-state index contributed by atoms with van der Waals surface area (Å²) in [6, 6.07) is 0. The minimum Gasteiger partial charge on any atom is -0.392 e. The van der Waals surface area contributed by atoms with Crippen LogP contribution in [-0.4, -0.2) is 23.7 Å². The number of hydrogen-bond donors (Lipinski definition) is 2. The van der Waals surface area contributed by atoms with Crippen LogP contribution >= 0.6 is 0 Å². The summed E-state index contributed by atoms with van der Waals surface area (Å²) in [7, 11) is 0. The van der Waals surface area contributed by atoms with Crippen LogP contribution in [-0.2, 0) is 4.79 Å². The molecule has 2 N–H and O–H groups in total. The van der Waals surface area contributed by atoms with Gasteiger partial charge in [-0.2, -0.15) is 0 Å². The van der Waals surface area contributed by atoms with E-state index in [9.17, 15) is 4.79 Å². The Labute approximate surface area is 66.8 Å². The Bertz CT molecular complexity index is 158. The second kappa shape index (κ2) is 5.75. The number of aliphatic hydroxyl groups excluding tert-OH is 1. The van der Waals surface area contributed by atoms with Gasteiger partial charge in [-0.25, -0.2) is 0 Å². The molecule has 0 aromatic carbocycles. The van der Waals surface area contributed by atoms with E-state index in [1.165, 1.54) is 0 Å². The molecule has 0 spiro atoms. The van der Waals surface area contributed by atoms with Crippen molar-refractivity contribution in [3.05, 3.63) is 0 Å². The first-order chi connectivity index (χ1) is 5.16. The maximum absolute atomic E-state index is 10.8. The Kier molecular flexibility index (Phi) is 5.22. The minimum absolute atomic E-state index is 0.108. The van der Waals surface area contributed by atoms with Crippen molar-refractivity contribution >= 4 is 5.91 Å². The van der Waals surface area contributed by atoms with E-state index in [1.54, 1.807) is 6.92 Å². The van der Waals surface area contributed by atoms with E-state index in [4.69, 9.17) is 11.5 Å². The summed E-state index contributed by atoms with van der Waals surface area (Å²) in [6.07, 6.45) is 5.24. The molecule has 0 aromatic heterocycles. The summed E-state index contributed by atoms with van der Waals surface area (Å²) in [5.41, 5.74) is 0. The van der Waals surface area contributed by atoms with Gasteiger partial charge in [0, 0.05) is 19.4 Å². The van der Waals surface area contributed by atoms with Crippen LogP contribution in [0.2, 0.25) is 0 Å². The largest absolute Gasteiger partial charge is 0.392 e. The molecule has 0 rings (SSSR count). The summed E-state index contributed by atoms with van der Waals surface area (Å²) in [6.45, 7) is 1.91. The average molecular weight is 155 g/mol. The first-order valence-electron chi connectivity index (χ1n) is 3.55. The Morgan fingerprint density at radius 3 is 2.91 bits per heavy atom. The van der Waals surface area contributed by atoms with Gasteiger partial charge in [0.15, 0.2) is 0 Å². The Hall–Kier alpha value is -1.01. The lowest BCUT2D eigenvalue weighted by Gasteiger charge is -2.04. The predicted molar refractivity (Wildman–Crippen MR) is 42.8 cm³/mol. The van der Waals surface area contributed by atoms with Gasteiger partial charge in [0.1, 0.15) is 0 Å². The van der Waals surface area contributed by atoms with Crippen LogP contribution in [0.25, 0.3) is 0 Å². The quantitative estimate of drug-likeness (QED) is 0.557. The molecule has 62 valence electrons. The SMILES string of the molecule is C#CCCC(=O)NC[C@H](C)O. The molecule has 11 heavy (non-hydrogen) atoms. The molecule has 3 nitrogen and oxygen atoms in total. The molecule has 0 unspecified atom stereocenters. The zero-order valence-corrected chi connectivity index (χ0v) is 6.63. The third-order valence-electron chi connectivity index (χ3n) is 1.09. The highest BCUT2D eigenvalue weighted by Gasteiger charge is 2.00. The topological polar surface area (TPSA) is 49.3 Å². The van der Waals surface area contributed by atoms with E-state index < -0.39 is 6.10 Å². The van der Waals surface area contributed by atoms with E-state index in [1.807, 2.05) is 0 Å². The van der Waals surface area contributed by atoms with Crippen molar-refractivity contribution < 1.29 is 9.90 Å². The summed E-state index contributed by atoms with van der Waals surface area (Å²) >= 11 is 0. The van der Waals surface area contributed by atoms with Gasteiger partial charge in [0.25, 0.3) is 0 Å². The standard InChI is InChI=1S/C8H13NO2/c1-3-4-5-8(11)9-6-7(2)10/h1,7,10H,4-6H2,2H3,(H,9,11)/t7-/m0/s1. The van der Waals surface area contributed by atoms with Gasteiger partial charge in [-0.1, -0.05) is 0 Å². The fraction of sp³-hybridized carbons (Fsp3) is 0.625. The molecule has 0 aromatic rings. The normalized spacial score (nSPS) is 11.7. The van der Waals surface area contributed by atoms with Crippen molar-refractivity contribution in [3.8, 4) is 12.3 Å². The smallest absolute Gasteiger partial charge is 0.221 e. The van der Waals surface area contributed by atoms with Gasteiger partial charge in [-0.15, -0.1) is 12.3 Å². The number of aliphatic hydroxyl groups is 1. The van der Waals surface area contributed by atoms with Crippen molar-refractivity contribution in [1.82, 2.24) is 5.32 Å².